The van der Waals surface area contributed by atoms with E-state index in [2.05, 4.69) is 36.2 Å². The summed E-state index contributed by atoms with van der Waals surface area (Å²) in [5.41, 5.74) is 2.15. The maximum atomic E-state index is 12.2. The first-order valence-corrected chi connectivity index (χ1v) is 9.59. The molecule has 0 spiro atoms. The standard InChI is InChI=1S/C20H27N3O3/c1-11-15-8-13(20(15,2)3)9-16(11)22-19(25)18(24)21-7-6-14-10-17(26-23-14)12-4-5-12/h10,12-13,15-16H,1,4-9H2,2-3H3,(H,21,24)(H,22,25)/t13-,15+,16?/m1/s1. The lowest BCUT2D eigenvalue weighted by atomic mass is 9.46. The molecule has 6 heteroatoms. The van der Waals surface area contributed by atoms with Crippen LogP contribution in [0.15, 0.2) is 22.7 Å². The SMILES string of the molecule is C=C1C(NC(=O)C(=O)NCCc2cc(C3CC3)on2)C[C@H]2C[C@@H]1C2(C)C. The van der Waals surface area contributed by atoms with Crippen LogP contribution in [0.1, 0.15) is 56.9 Å². The van der Waals surface area contributed by atoms with Crippen molar-refractivity contribution in [2.24, 2.45) is 17.3 Å². The topological polar surface area (TPSA) is 84.2 Å². The number of aromatic nitrogens is 1. The molecule has 1 heterocycles. The van der Waals surface area contributed by atoms with Crippen molar-refractivity contribution in [2.75, 3.05) is 6.54 Å². The highest BCUT2D eigenvalue weighted by Crippen LogP contribution is 2.60. The zero-order valence-electron chi connectivity index (χ0n) is 15.5. The fourth-order valence-corrected chi connectivity index (χ4v) is 4.49. The Balaban J connectivity index is 1.22. The minimum absolute atomic E-state index is 0.0818. The summed E-state index contributed by atoms with van der Waals surface area (Å²) in [6.45, 7) is 9.08. The van der Waals surface area contributed by atoms with Gasteiger partial charge in [0.2, 0.25) is 0 Å². The molecule has 4 fully saturated rings. The maximum absolute atomic E-state index is 12.2. The quantitative estimate of drug-likeness (QED) is 0.626. The molecule has 0 aliphatic heterocycles. The van der Waals surface area contributed by atoms with Gasteiger partial charge in [0.15, 0.2) is 0 Å². The van der Waals surface area contributed by atoms with Crippen LogP contribution in [0.25, 0.3) is 0 Å². The summed E-state index contributed by atoms with van der Waals surface area (Å²) in [6, 6.07) is 1.87. The lowest BCUT2D eigenvalue weighted by Crippen LogP contribution is -2.58. The van der Waals surface area contributed by atoms with Crippen LogP contribution in [-0.2, 0) is 16.0 Å². The van der Waals surface area contributed by atoms with Crippen LogP contribution >= 0.6 is 0 Å². The Morgan fingerprint density at radius 3 is 2.73 bits per heavy atom. The van der Waals surface area contributed by atoms with Gasteiger partial charge in [0, 0.05) is 24.9 Å². The Morgan fingerprint density at radius 2 is 2.08 bits per heavy atom. The van der Waals surface area contributed by atoms with Crippen LogP contribution in [0.4, 0.5) is 0 Å². The predicted octanol–water partition coefficient (Wildman–Crippen LogP) is 2.32. The molecule has 4 saturated carbocycles. The molecule has 0 aromatic carbocycles. The third-order valence-corrected chi connectivity index (χ3v) is 6.62. The van der Waals surface area contributed by atoms with E-state index in [-0.39, 0.29) is 11.5 Å². The third-order valence-electron chi connectivity index (χ3n) is 6.62. The second kappa shape index (κ2) is 6.25. The first-order chi connectivity index (χ1) is 12.4. The summed E-state index contributed by atoms with van der Waals surface area (Å²) in [5, 5.41) is 9.54. The van der Waals surface area contributed by atoms with E-state index >= 15 is 0 Å². The Morgan fingerprint density at radius 1 is 1.31 bits per heavy atom. The average molecular weight is 357 g/mol. The smallest absolute Gasteiger partial charge is 0.309 e. The van der Waals surface area contributed by atoms with Crippen molar-refractivity contribution in [3.8, 4) is 0 Å². The van der Waals surface area contributed by atoms with Crippen molar-refractivity contribution in [3.05, 3.63) is 29.7 Å². The molecule has 0 radical (unpaired) electrons. The minimum Gasteiger partial charge on any atom is -0.361 e. The van der Waals surface area contributed by atoms with Gasteiger partial charge in [-0.3, -0.25) is 9.59 Å². The van der Waals surface area contributed by atoms with E-state index < -0.39 is 11.8 Å². The molecule has 1 aromatic rings. The van der Waals surface area contributed by atoms with Crippen LogP contribution in [0.3, 0.4) is 0 Å². The molecular formula is C20H27N3O3. The minimum atomic E-state index is -0.595. The predicted molar refractivity (Wildman–Crippen MR) is 96.3 cm³/mol. The lowest BCUT2D eigenvalue weighted by molar-refractivity contribution is -0.140. The van der Waals surface area contributed by atoms with Gasteiger partial charge >= 0.3 is 11.8 Å². The van der Waals surface area contributed by atoms with Gasteiger partial charge in [-0.15, -0.1) is 0 Å². The molecule has 1 aromatic heterocycles. The summed E-state index contributed by atoms with van der Waals surface area (Å²) in [7, 11) is 0. The molecule has 4 aliphatic carbocycles. The van der Waals surface area contributed by atoms with Gasteiger partial charge in [0.05, 0.1) is 11.7 Å². The zero-order chi connectivity index (χ0) is 18.5. The molecule has 3 atom stereocenters. The summed E-state index contributed by atoms with van der Waals surface area (Å²) in [4.78, 5) is 24.2. The largest absolute Gasteiger partial charge is 0.361 e. The fourth-order valence-electron chi connectivity index (χ4n) is 4.49. The molecule has 1 unspecified atom stereocenters. The van der Waals surface area contributed by atoms with Crippen molar-refractivity contribution < 1.29 is 14.1 Å². The normalized spacial score (nSPS) is 29.0. The number of hydrogen-bond acceptors (Lipinski definition) is 4. The van der Waals surface area contributed by atoms with Gasteiger partial charge in [0.1, 0.15) is 5.76 Å². The highest BCUT2D eigenvalue weighted by atomic mass is 16.5. The molecule has 5 rings (SSSR count). The maximum Gasteiger partial charge on any atom is 0.309 e. The summed E-state index contributed by atoms with van der Waals surface area (Å²) < 4.78 is 5.29. The van der Waals surface area contributed by atoms with Crippen molar-refractivity contribution in [1.82, 2.24) is 15.8 Å². The fraction of sp³-hybridized carbons (Fsp3) is 0.650. The summed E-state index contributed by atoms with van der Waals surface area (Å²) >= 11 is 0. The van der Waals surface area contributed by atoms with Gasteiger partial charge in [0.25, 0.3) is 0 Å². The van der Waals surface area contributed by atoms with Crippen LogP contribution in [-0.4, -0.2) is 29.6 Å². The molecule has 6 nitrogen and oxygen atoms in total. The van der Waals surface area contributed by atoms with E-state index in [9.17, 15) is 9.59 Å². The van der Waals surface area contributed by atoms with E-state index in [1.807, 2.05) is 6.07 Å². The Kier molecular flexibility index (Phi) is 4.16. The number of carbonyl (C=O) groups excluding carboxylic acids is 2. The van der Waals surface area contributed by atoms with Crippen molar-refractivity contribution in [1.29, 1.82) is 0 Å². The lowest BCUT2D eigenvalue weighted by Gasteiger charge is -2.59. The number of carbonyl (C=O) groups is 2. The number of rotatable bonds is 5. The van der Waals surface area contributed by atoms with Crippen LogP contribution in [0.5, 0.6) is 0 Å². The van der Waals surface area contributed by atoms with Gasteiger partial charge in [-0.1, -0.05) is 31.2 Å². The van der Waals surface area contributed by atoms with Crippen LogP contribution < -0.4 is 10.6 Å². The first kappa shape index (κ1) is 17.3. The van der Waals surface area contributed by atoms with E-state index in [1.54, 1.807) is 0 Å². The van der Waals surface area contributed by atoms with E-state index in [4.69, 9.17) is 4.52 Å². The average Bonchev–Trinajstić information content (AvgIpc) is 3.35. The van der Waals surface area contributed by atoms with Gasteiger partial charge in [-0.05, 0) is 42.9 Å². The monoisotopic (exact) mass is 357 g/mol. The van der Waals surface area contributed by atoms with Gasteiger partial charge < -0.3 is 15.2 Å². The van der Waals surface area contributed by atoms with Gasteiger partial charge in [-0.25, -0.2) is 0 Å². The third kappa shape index (κ3) is 3.06. The summed E-state index contributed by atoms with van der Waals surface area (Å²) in [6.07, 6.45) is 4.92. The molecular weight excluding hydrogens is 330 g/mol. The second-order valence-corrected chi connectivity index (χ2v) is 8.64. The number of nitrogens with one attached hydrogen (secondary N) is 2. The van der Waals surface area contributed by atoms with Crippen molar-refractivity contribution in [3.63, 3.8) is 0 Å². The highest BCUT2D eigenvalue weighted by molar-refractivity contribution is 6.35. The molecule has 4 aliphatic rings. The number of hydrogen-bond donors (Lipinski definition) is 2. The number of fused-ring (bicyclic) bond motifs is 2. The molecule has 140 valence electrons. The second-order valence-electron chi connectivity index (χ2n) is 8.64. The number of amides is 2. The van der Waals surface area contributed by atoms with E-state index in [1.165, 1.54) is 0 Å². The Labute approximate surface area is 153 Å². The van der Waals surface area contributed by atoms with Crippen molar-refractivity contribution in [2.45, 2.75) is 57.9 Å². The van der Waals surface area contributed by atoms with E-state index in [0.29, 0.717) is 30.7 Å². The molecule has 2 N–H and O–H groups in total. The number of nitrogens with zero attached hydrogens (tertiary/aromatic N) is 1. The Bertz CT molecular complexity index is 747. The van der Waals surface area contributed by atoms with Crippen LogP contribution in [0.2, 0.25) is 0 Å². The first-order valence-electron chi connectivity index (χ1n) is 9.59. The summed E-state index contributed by atoms with van der Waals surface area (Å²) in [5.74, 6) is 1.33. The molecule has 2 amide bonds. The zero-order valence-corrected chi connectivity index (χ0v) is 15.5. The molecule has 0 saturated heterocycles. The Hall–Kier alpha value is -2.11. The molecule has 26 heavy (non-hydrogen) atoms. The molecule has 2 bridgehead atoms. The highest BCUT2D eigenvalue weighted by Gasteiger charge is 2.55. The van der Waals surface area contributed by atoms with Crippen molar-refractivity contribution >= 4 is 11.8 Å². The van der Waals surface area contributed by atoms with E-state index in [0.717, 1.165) is 42.7 Å². The van der Waals surface area contributed by atoms with Crippen LogP contribution in [0, 0.1) is 17.3 Å². The van der Waals surface area contributed by atoms with Gasteiger partial charge in [-0.2, -0.15) is 0 Å².